The van der Waals surface area contributed by atoms with Gasteiger partial charge in [0.2, 0.25) is 0 Å². The molecule has 0 aliphatic rings. The number of carbonyl (C=O) groups is 1. The zero-order valence-electron chi connectivity index (χ0n) is 10.7. The van der Waals surface area contributed by atoms with E-state index in [0.29, 0.717) is 6.42 Å². The molecule has 2 rings (SSSR count). The molecule has 0 unspecified atom stereocenters. The number of H-pyrrole nitrogens is 1. The van der Waals surface area contributed by atoms with Gasteiger partial charge < -0.3 is 10.7 Å². The zero-order chi connectivity index (χ0) is 12.8. The molecule has 0 saturated heterocycles. The Morgan fingerprint density at radius 1 is 1.35 bits per heavy atom. The monoisotopic (exact) mass is 232 g/mol. The van der Waals surface area contributed by atoms with Crippen molar-refractivity contribution in [3.05, 3.63) is 36.0 Å². The van der Waals surface area contributed by atoms with Crippen LogP contribution in [0.3, 0.4) is 0 Å². The van der Waals surface area contributed by atoms with Crippen molar-refractivity contribution in [3.63, 3.8) is 0 Å². The average Bonchev–Trinajstić information content (AvgIpc) is 2.75. The summed E-state index contributed by atoms with van der Waals surface area (Å²) in [5.74, 6) is 0.0280. The minimum Gasteiger partial charge on any atom is -0.361 e. The molecule has 1 aromatic carbocycles. The highest BCUT2D eigenvalue weighted by atomic mass is 16.1. The summed E-state index contributed by atoms with van der Waals surface area (Å²) < 4.78 is 0. The minimum atomic E-state index is -0.399. The molecule has 3 nitrogen and oxygen atoms in total. The first-order chi connectivity index (χ1) is 8.18. The van der Waals surface area contributed by atoms with Crippen molar-refractivity contribution in [2.75, 3.05) is 0 Å². The fourth-order valence-corrected chi connectivity index (χ4v) is 1.68. The highest BCUT2D eigenvalue weighted by molar-refractivity contribution is 5.85. The highest BCUT2D eigenvalue weighted by Crippen LogP contribution is 2.18. The number of aromatic amines is 1. The van der Waals surface area contributed by atoms with Gasteiger partial charge in [-0.25, -0.2) is 0 Å². The van der Waals surface area contributed by atoms with E-state index in [1.54, 1.807) is 0 Å². The van der Waals surface area contributed by atoms with Crippen LogP contribution in [0.4, 0.5) is 0 Å². The molecule has 92 valence electrons. The van der Waals surface area contributed by atoms with Gasteiger partial charge in [-0.3, -0.25) is 4.79 Å². The van der Waals surface area contributed by atoms with Crippen LogP contribution in [-0.2, 0) is 11.2 Å². The van der Waals surface area contributed by atoms with Gasteiger partial charge >= 0.3 is 0 Å². The van der Waals surface area contributed by atoms with E-state index in [-0.39, 0.29) is 5.78 Å². The Kier molecular flexibility index (Phi) is 4.91. The number of aromatic nitrogens is 1. The molecule has 0 fully saturated rings. The summed E-state index contributed by atoms with van der Waals surface area (Å²) in [7, 11) is 0. The van der Waals surface area contributed by atoms with Crippen molar-refractivity contribution < 1.29 is 4.79 Å². The maximum atomic E-state index is 11.1. The number of benzene rings is 1. The van der Waals surface area contributed by atoms with Crippen LogP contribution in [0.5, 0.6) is 0 Å². The Labute approximate surface area is 102 Å². The fourth-order valence-electron chi connectivity index (χ4n) is 1.68. The van der Waals surface area contributed by atoms with Crippen LogP contribution in [0.25, 0.3) is 10.9 Å². The van der Waals surface area contributed by atoms with Gasteiger partial charge in [0.15, 0.2) is 0 Å². The summed E-state index contributed by atoms with van der Waals surface area (Å²) in [6.45, 7) is 5.53. The van der Waals surface area contributed by atoms with Crippen LogP contribution in [0.15, 0.2) is 30.5 Å². The predicted molar refractivity (Wildman–Crippen MR) is 72.0 cm³/mol. The van der Waals surface area contributed by atoms with Gasteiger partial charge in [0.05, 0.1) is 6.04 Å². The molecule has 0 saturated carbocycles. The lowest BCUT2D eigenvalue weighted by Crippen LogP contribution is -2.30. The second kappa shape index (κ2) is 6.21. The summed E-state index contributed by atoms with van der Waals surface area (Å²) in [5.41, 5.74) is 7.93. The zero-order valence-corrected chi connectivity index (χ0v) is 10.7. The molecule has 0 amide bonds. The highest BCUT2D eigenvalue weighted by Gasteiger charge is 2.11. The summed E-state index contributed by atoms with van der Waals surface area (Å²) in [6.07, 6.45) is 2.52. The number of ketones is 1. The third-order valence-corrected chi connectivity index (χ3v) is 2.64. The number of Topliss-reactive ketones (excluding diaryl/α,β-unsaturated/α-hetero) is 1. The van der Waals surface area contributed by atoms with Crippen molar-refractivity contribution in [1.29, 1.82) is 0 Å². The van der Waals surface area contributed by atoms with E-state index in [1.807, 2.05) is 44.3 Å². The molecule has 0 spiro atoms. The standard InChI is InChI=1S/C12H14N2O.C2H6/c1-8(15)11(13)6-9-7-14-12-5-3-2-4-10(9)12;1-2/h2-5,7,11,14H,6,13H2,1H3;1-2H3/t11-;/m1./s1. The van der Waals surface area contributed by atoms with E-state index < -0.39 is 6.04 Å². The molecule has 0 bridgehead atoms. The summed E-state index contributed by atoms with van der Waals surface area (Å²) >= 11 is 0. The molecule has 1 heterocycles. The molecule has 0 radical (unpaired) electrons. The molecule has 1 atom stereocenters. The predicted octanol–water partition coefficient (Wildman–Crippen LogP) is 2.65. The Balaban J connectivity index is 0.000000686. The van der Waals surface area contributed by atoms with E-state index in [9.17, 15) is 4.79 Å². The molecular formula is C14H20N2O. The molecule has 2 aromatic rings. The lowest BCUT2D eigenvalue weighted by Gasteiger charge is -2.05. The van der Waals surface area contributed by atoms with Crippen LogP contribution >= 0.6 is 0 Å². The molecular weight excluding hydrogens is 212 g/mol. The molecule has 3 heteroatoms. The number of rotatable bonds is 3. The van der Waals surface area contributed by atoms with Gasteiger partial charge in [0.25, 0.3) is 0 Å². The van der Waals surface area contributed by atoms with E-state index in [2.05, 4.69) is 4.98 Å². The second-order valence-electron chi connectivity index (χ2n) is 3.78. The normalized spacial score (nSPS) is 11.8. The molecule has 0 aliphatic heterocycles. The quantitative estimate of drug-likeness (QED) is 0.854. The molecule has 3 N–H and O–H groups in total. The molecule has 1 aromatic heterocycles. The first kappa shape index (κ1) is 13.5. The van der Waals surface area contributed by atoms with E-state index in [4.69, 9.17) is 5.73 Å². The lowest BCUT2D eigenvalue weighted by atomic mass is 10.0. The fraction of sp³-hybridized carbons (Fsp3) is 0.357. The Hall–Kier alpha value is -1.61. The summed E-state index contributed by atoms with van der Waals surface area (Å²) in [4.78, 5) is 14.2. The topological polar surface area (TPSA) is 58.9 Å². The first-order valence-corrected chi connectivity index (χ1v) is 5.99. The SMILES string of the molecule is CC.CC(=O)[C@H](N)Cc1c[nH]c2ccccc12. The van der Waals surface area contributed by atoms with Gasteiger partial charge in [-0.2, -0.15) is 0 Å². The van der Waals surface area contributed by atoms with Crippen molar-refractivity contribution in [3.8, 4) is 0 Å². The van der Waals surface area contributed by atoms with Crippen molar-refractivity contribution >= 4 is 16.7 Å². The minimum absolute atomic E-state index is 0.0280. The van der Waals surface area contributed by atoms with E-state index >= 15 is 0 Å². The van der Waals surface area contributed by atoms with Gasteiger partial charge in [-0.15, -0.1) is 0 Å². The van der Waals surface area contributed by atoms with Crippen LogP contribution < -0.4 is 5.73 Å². The third-order valence-electron chi connectivity index (χ3n) is 2.64. The third kappa shape index (κ3) is 3.17. The van der Waals surface area contributed by atoms with Gasteiger partial charge in [-0.05, 0) is 25.0 Å². The number of carbonyl (C=O) groups excluding carboxylic acids is 1. The maximum absolute atomic E-state index is 11.1. The maximum Gasteiger partial charge on any atom is 0.146 e. The first-order valence-electron chi connectivity index (χ1n) is 5.99. The number of para-hydroxylation sites is 1. The Morgan fingerprint density at radius 3 is 2.65 bits per heavy atom. The number of hydrogen-bond acceptors (Lipinski definition) is 2. The van der Waals surface area contributed by atoms with E-state index in [0.717, 1.165) is 16.5 Å². The van der Waals surface area contributed by atoms with Gasteiger partial charge in [-0.1, -0.05) is 32.0 Å². The lowest BCUT2D eigenvalue weighted by molar-refractivity contribution is -0.118. The van der Waals surface area contributed by atoms with Gasteiger partial charge in [0, 0.05) is 17.1 Å². The second-order valence-corrected chi connectivity index (χ2v) is 3.78. The number of nitrogens with one attached hydrogen (secondary N) is 1. The molecule has 0 aliphatic carbocycles. The van der Waals surface area contributed by atoms with E-state index in [1.165, 1.54) is 6.92 Å². The number of nitrogens with two attached hydrogens (primary N) is 1. The average molecular weight is 232 g/mol. The smallest absolute Gasteiger partial charge is 0.146 e. The summed E-state index contributed by atoms with van der Waals surface area (Å²) in [5, 5.41) is 1.15. The van der Waals surface area contributed by atoms with Crippen molar-refractivity contribution in [2.24, 2.45) is 5.73 Å². The largest absolute Gasteiger partial charge is 0.361 e. The number of fused-ring (bicyclic) bond motifs is 1. The molecule has 17 heavy (non-hydrogen) atoms. The van der Waals surface area contributed by atoms with Gasteiger partial charge in [0.1, 0.15) is 5.78 Å². The number of hydrogen-bond donors (Lipinski definition) is 2. The Morgan fingerprint density at radius 2 is 2.00 bits per heavy atom. The Bertz CT molecular complexity index is 488. The van der Waals surface area contributed by atoms with Crippen LogP contribution in [-0.4, -0.2) is 16.8 Å². The summed E-state index contributed by atoms with van der Waals surface area (Å²) in [6, 6.07) is 7.61. The van der Waals surface area contributed by atoms with Crippen molar-refractivity contribution in [1.82, 2.24) is 4.98 Å². The van der Waals surface area contributed by atoms with Crippen molar-refractivity contribution in [2.45, 2.75) is 33.2 Å². The van der Waals surface area contributed by atoms with Crippen LogP contribution in [0.2, 0.25) is 0 Å². The van der Waals surface area contributed by atoms with Crippen LogP contribution in [0.1, 0.15) is 26.3 Å². The van der Waals surface area contributed by atoms with Crippen LogP contribution in [0, 0.1) is 0 Å².